The van der Waals surface area contributed by atoms with Gasteiger partial charge in [-0.1, -0.05) is 182 Å². The lowest BCUT2D eigenvalue weighted by Crippen LogP contribution is -2.37. The van der Waals surface area contributed by atoms with Crippen LogP contribution in [0.25, 0.3) is 0 Å². The zero-order valence-corrected chi connectivity index (χ0v) is 47.1. The summed E-state index contributed by atoms with van der Waals surface area (Å²) in [6, 6.07) is 0. The van der Waals surface area contributed by atoms with Gasteiger partial charge in [0.2, 0.25) is 0 Å². The van der Waals surface area contributed by atoms with Gasteiger partial charge in [0.25, 0.3) is 0 Å². The fourth-order valence-corrected chi connectivity index (χ4v) is 9.50. The molecule has 1 atom stereocenters. The van der Waals surface area contributed by atoms with E-state index in [-0.39, 0.29) is 42.4 Å². The van der Waals surface area contributed by atoms with Crippen molar-refractivity contribution in [2.24, 2.45) is 0 Å². The smallest absolute Gasteiger partial charge is 0.410 e. The zero-order chi connectivity index (χ0) is 50.8. The SMILES string of the molecule is CCCCCCC(CCCCCC)OC(=O)CCCCCCCCC(CCCCCCCCC(=O)OC(CCCCCC)CCCCCC)OC(=O)N(CCCCCCC(O)CC)CCCN(C)C. The fraction of sp³-hybridized carbons (Fsp3) is 0.950. The first kappa shape index (κ1) is 67.1. The third kappa shape index (κ3) is 45.7. The Hall–Kier alpha value is -1.87. The molecule has 0 heterocycles. The van der Waals surface area contributed by atoms with Crippen LogP contribution in [0.15, 0.2) is 0 Å². The molecule has 0 aromatic rings. The fourth-order valence-electron chi connectivity index (χ4n) is 9.50. The summed E-state index contributed by atoms with van der Waals surface area (Å²) < 4.78 is 18.4. The van der Waals surface area contributed by atoms with Crippen LogP contribution in [0.5, 0.6) is 0 Å². The monoisotopic (exact) mass is 979 g/mol. The van der Waals surface area contributed by atoms with Crippen molar-refractivity contribution in [1.29, 1.82) is 0 Å². The van der Waals surface area contributed by atoms with E-state index in [1.54, 1.807) is 0 Å². The third-order valence-corrected chi connectivity index (χ3v) is 14.2. The Morgan fingerprint density at radius 1 is 0.362 bits per heavy atom. The highest BCUT2D eigenvalue weighted by molar-refractivity contribution is 5.70. The lowest BCUT2D eigenvalue weighted by molar-refractivity contribution is -0.151. The molecular weight excluding hydrogens is 861 g/mol. The number of carbonyl (C=O) groups is 3. The average Bonchev–Trinajstić information content (AvgIpc) is 3.33. The molecule has 9 heteroatoms. The molecule has 0 aliphatic carbocycles. The van der Waals surface area contributed by atoms with Gasteiger partial charge in [-0.2, -0.15) is 0 Å². The highest BCUT2D eigenvalue weighted by Gasteiger charge is 2.21. The number of carbonyl (C=O) groups excluding carboxylic acids is 3. The van der Waals surface area contributed by atoms with Crippen molar-refractivity contribution in [1.82, 2.24) is 9.80 Å². The number of aliphatic hydroxyl groups excluding tert-OH is 1. The molecule has 0 spiro atoms. The molecular formula is C60H118N2O7. The summed E-state index contributed by atoms with van der Waals surface area (Å²) in [6.07, 6.45) is 45.4. The minimum absolute atomic E-state index is 0.0109. The summed E-state index contributed by atoms with van der Waals surface area (Å²) in [4.78, 5) is 43.6. The Labute approximate surface area is 428 Å². The Bertz CT molecular complexity index is 1040. The molecule has 0 saturated carbocycles. The van der Waals surface area contributed by atoms with Crippen LogP contribution >= 0.6 is 0 Å². The maximum absolute atomic E-state index is 13.8. The van der Waals surface area contributed by atoms with Crippen molar-refractivity contribution < 1.29 is 33.7 Å². The second-order valence-electron chi connectivity index (χ2n) is 21.4. The number of unbranched alkanes of at least 4 members (excludes halogenated alkanes) is 25. The number of ether oxygens (including phenoxy) is 3. The second kappa shape index (κ2) is 51.0. The van der Waals surface area contributed by atoms with Gasteiger partial charge in [0.15, 0.2) is 0 Å². The van der Waals surface area contributed by atoms with Crippen molar-refractivity contribution in [3.63, 3.8) is 0 Å². The largest absolute Gasteiger partial charge is 0.462 e. The Morgan fingerprint density at radius 3 is 1.03 bits per heavy atom. The van der Waals surface area contributed by atoms with Crippen molar-refractivity contribution in [3.05, 3.63) is 0 Å². The van der Waals surface area contributed by atoms with Gasteiger partial charge in [0.1, 0.15) is 18.3 Å². The van der Waals surface area contributed by atoms with Gasteiger partial charge in [-0.25, -0.2) is 4.79 Å². The molecule has 0 aliphatic rings. The third-order valence-electron chi connectivity index (χ3n) is 14.2. The molecule has 0 aliphatic heterocycles. The van der Waals surface area contributed by atoms with E-state index >= 15 is 0 Å². The predicted molar refractivity (Wildman–Crippen MR) is 293 cm³/mol. The van der Waals surface area contributed by atoms with E-state index in [2.05, 4.69) is 46.7 Å². The van der Waals surface area contributed by atoms with E-state index in [4.69, 9.17) is 14.2 Å². The molecule has 410 valence electrons. The van der Waals surface area contributed by atoms with Crippen LogP contribution in [0.1, 0.15) is 311 Å². The zero-order valence-electron chi connectivity index (χ0n) is 47.1. The van der Waals surface area contributed by atoms with Crippen LogP contribution in [-0.4, -0.2) is 91.1 Å². The Balaban J connectivity index is 5.10. The van der Waals surface area contributed by atoms with E-state index in [1.807, 2.05) is 11.8 Å². The van der Waals surface area contributed by atoms with Gasteiger partial charge < -0.3 is 29.1 Å². The summed E-state index contributed by atoms with van der Waals surface area (Å²) in [7, 11) is 4.16. The van der Waals surface area contributed by atoms with Crippen LogP contribution in [-0.2, 0) is 23.8 Å². The quantitative estimate of drug-likeness (QED) is 0.0365. The lowest BCUT2D eigenvalue weighted by Gasteiger charge is -2.26. The van der Waals surface area contributed by atoms with Crippen LogP contribution < -0.4 is 0 Å². The second-order valence-corrected chi connectivity index (χ2v) is 21.4. The molecule has 1 N–H and O–H groups in total. The van der Waals surface area contributed by atoms with Crippen LogP contribution in [0.3, 0.4) is 0 Å². The van der Waals surface area contributed by atoms with E-state index in [1.165, 1.54) is 77.0 Å². The highest BCUT2D eigenvalue weighted by atomic mass is 16.6. The molecule has 0 rings (SSSR count). The van der Waals surface area contributed by atoms with Crippen molar-refractivity contribution in [2.45, 2.75) is 335 Å². The van der Waals surface area contributed by atoms with Gasteiger partial charge in [-0.3, -0.25) is 9.59 Å². The maximum atomic E-state index is 13.8. The summed E-state index contributed by atoms with van der Waals surface area (Å²) in [5, 5.41) is 9.96. The van der Waals surface area contributed by atoms with Gasteiger partial charge in [0, 0.05) is 25.9 Å². The van der Waals surface area contributed by atoms with Gasteiger partial charge in [0.05, 0.1) is 6.10 Å². The maximum Gasteiger partial charge on any atom is 0.410 e. The first-order valence-electron chi connectivity index (χ1n) is 30.3. The molecule has 1 unspecified atom stereocenters. The summed E-state index contributed by atoms with van der Waals surface area (Å²) in [5.74, 6) is -0.0218. The van der Waals surface area contributed by atoms with Crippen molar-refractivity contribution >= 4 is 18.0 Å². The molecule has 1 amide bonds. The number of hydrogen-bond donors (Lipinski definition) is 1. The Morgan fingerprint density at radius 2 is 0.667 bits per heavy atom. The highest BCUT2D eigenvalue weighted by Crippen LogP contribution is 2.22. The molecule has 0 radical (unpaired) electrons. The molecule has 9 nitrogen and oxygen atoms in total. The minimum atomic E-state index is -0.203. The first-order chi connectivity index (χ1) is 33.6. The van der Waals surface area contributed by atoms with Crippen LogP contribution in [0.2, 0.25) is 0 Å². The minimum Gasteiger partial charge on any atom is -0.462 e. The number of aliphatic hydroxyl groups is 1. The van der Waals surface area contributed by atoms with E-state index in [0.717, 1.165) is 193 Å². The summed E-state index contributed by atoms with van der Waals surface area (Å²) in [6.45, 7) is 13.3. The standard InChI is InChI=1S/C60H118N2O7/c1-8-13-17-32-43-55(44-33-18-14-9-2)67-58(64)49-38-27-23-21-25-36-47-57(69-60(66)62(53-41-51-61(6)7)52-40-30-29-31-42-54(63)12-5)48-37-26-22-24-28-39-50-59(65)68-56(45-34-19-15-10-3)46-35-20-16-11-4/h54-57,63H,8-53H2,1-7H3. The van der Waals surface area contributed by atoms with Crippen molar-refractivity contribution in [3.8, 4) is 0 Å². The Kier molecular flexibility index (Phi) is 49.7. The van der Waals surface area contributed by atoms with Crippen molar-refractivity contribution in [2.75, 3.05) is 33.7 Å². The van der Waals surface area contributed by atoms with E-state index in [9.17, 15) is 19.5 Å². The lowest BCUT2D eigenvalue weighted by atomic mass is 10.0. The van der Waals surface area contributed by atoms with Gasteiger partial charge in [-0.15, -0.1) is 0 Å². The number of esters is 2. The molecule has 0 fully saturated rings. The van der Waals surface area contributed by atoms with Gasteiger partial charge >= 0.3 is 18.0 Å². The molecule has 0 bridgehead atoms. The van der Waals surface area contributed by atoms with Crippen LogP contribution in [0, 0.1) is 0 Å². The normalized spacial score (nSPS) is 12.2. The molecule has 0 aromatic heterocycles. The summed E-state index contributed by atoms with van der Waals surface area (Å²) in [5.41, 5.74) is 0. The van der Waals surface area contributed by atoms with E-state index in [0.29, 0.717) is 25.9 Å². The molecule has 69 heavy (non-hydrogen) atoms. The first-order valence-corrected chi connectivity index (χ1v) is 30.3. The summed E-state index contributed by atoms with van der Waals surface area (Å²) >= 11 is 0. The number of amides is 1. The predicted octanol–water partition coefficient (Wildman–Crippen LogP) is 17.4. The molecule has 0 saturated heterocycles. The van der Waals surface area contributed by atoms with Crippen LogP contribution in [0.4, 0.5) is 4.79 Å². The topological polar surface area (TPSA) is 106 Å². The average molecular weight is 980 g/mol. The number of nitrogens with zero attached hydrogens (tertiary/aromatic N) is 2. The molecule has 0 aromatic carbocycles. The van der Waals surface area contributed by atoms with Gasteiger partial charge in [-0.05, 0) is 136 Å². The number of hydrogen-bond acceptors (Lipinski definition) is 8. The van der Waals surface area contributed by atoms with E-state index < -0.39 is 0 Å². The number of rotatable bonds is 53.